The van der Waals surface area contributed by atoms with E-state index in [2.05, 4.69) is 17.0 Å². The van der Waals surface area contributed by atoms with Gasteiger partial charge in [-0.1, -0.05) is 36.4 Å². The van der Waals surface area contributed by atoms with Crippen LogP contribution in [-0.2, 0) is 19.5 Å². The van der Waals surface area contributed by atoms with Crippen molar-refractivity contribution in [3.8, 4) is 0 Å². The molecule has 2 aliphatic heterocycles. The zero-order valence-corrected chi connectivity index (χ0v) is 19.0. The smallest absolute Gasteiger partial charge is 0.274 e. The van der Waals surface area contributed by atoms with E-state index in [-0.39, 0.29) is 11.8 Å². The topological polar surface area (TPSA) is 61.7 Å². The number of anilines is 1. The molecule has 33 heavy (non-hydrogen) atoms. The van der Waals surface area contributed by atoms with Gasteiger partial charge in [-0.05, 0) is 31.2 Å². The highest BCUT2D eigenvalue weighted by Crippen LogP contribution is 2.26. The molecule has 1 saturated heterocycles. The first-order valence-corrected chi connectivity index (χ1v) is 11.7. The van der Waals surface area contributed by atoms with Crippen LogP contribution in [-0.4, -0.2) is 64.1 Å². The summed E-state index contributed by atoms with van der Waals surface area (Å²) in [5.74, 6) is -0.0273. The van der Waals surface area contributed by atoms with Crippen molar-refractivity contribution in [2.75, 3.05) is 37.6 Å². The number of piperazine rings is 1. The number of amides is 2. The minimum absolute atomic E-state index is 0.000345. The molecule has 0 saturated carbocycles. The maximum absolute atomic E-state index is 13.5. The van der Waals surface area contributed by atoms with Crippen molar-refractivity contribution in [3.05, 3.63) is 83.2 Å². The molecule has 1 fully saturated rings. The van der Waals surface area contributed by atoms with Gasteiger partial charge in [0.2, 0.25) is 0 Å². The van der Waals surface area contributed by atoms with Crippen LogP contribution in [0.25, 0.3) is 0 Å². The molecule has 0 aliphatic carbocycles. The van der Waals surface area contributed by atoms with Gasteiger partial charge in [-0.25, -0.2) is 0 Å². The molecule has 7 heteroatoms. The molecule has 2 aliphatic rings. The summed E-state index contributed by atoms with van der Waals surface area (Å²) in [6, 6.07) is 19.6. The third-order valence-electron chi connectivity index (χ3n) is 6.63. The lowest BCUT2D eigenvalue weighted by Crippen LogP contribution is -2.49. The summed E-state index contributed by atoms with van der Waals surface area (Å²) in [6.07, 6.45) is 0.712. The first kappa shape index (κ1) is 21.2. The molecule has 0 bridgehead atoms. The highest BCUT2D eigenvalue weighted by molar-refractivity contribution is 5.96. The number of benzene rings is 2. The minimum atomic E-state index is -0.0276. The van der Waals surface area contributed by atoms with Crippen LogP contribution in [0.1, 0.15) is 39.0 Å². The van der Waals surface area contributed by atoms with Gasteiger partial charge >= 0.3 is 0 Å². The van der Waals surface area contributed by atoms with Gasteiger partial charge in [0.05, 0.1) is 6.54 Å². The summed E-state index contributed by atoms with van der Waals surface area (Å²) in [5, 5.41) is 4.70. The molecule has 0 spiro atoms. The summed E-state index contributed by atoms with van der Waals surface area (Å²) in [7, 11) is 0. The second-order valence-corrected chi connectivity index (χ2v) is 8.55. The van der Waals surface area contributed by atoms with E-state index < -0.39 is 0 Å². The summed E-state index contributed by atoms with van der Waals surface area (Å²) < 4.78 is 1.94. The maximum atomic E-state index is 13.5. The van der Waals surface area contributed by atoms with E-state index in [1.165, 1.54) is 5.69 Å². The van der Waals surface area contributed by atoms with E-state index in [1.807, 2.05) is 69.9 Å². The van der Waals surface area contributed by atoms with Crippen LogP contribution >= 0.6 is 0 Å². The monoisotopic (exact) mass is 443 g/mol. The number of nitrogens with zero attached hydrogens (tertiary/aromatic N) is 5. The molecule has 2 aromatic carbocycles. The van der Waals surface area contributed by atoms with E-state index in [1.54, 1.807) is 0 Å². The molecule has 1 aromatic heterocycles. The Kier molecular flexibility index (Phi) is 5.86. The number of fused-ring (bicyclic) bond motifs is 1. The van der Waals surface area contributed by atoms with E-state index in [4.69, 9.17) is 5.10 Å². The van der Waals surface area contributed by atoms with Crippen LogP contribution in [0.5, 0.6) is 0 Å². The Morgan fingerprint density at radius 2 is 1.48 bits per heavy atom. The number of carbonyl (C=O) groups excluding carboxylic acids is 2. The third-order valence-corrected chi connectivity index (χ3v) is 6.63. The van der Waals surface area contributed by atoms with Crippen LogP contribution in [0.4, 0.5) is 5.69 Å². The average molecular weight is 444 g/mol. The Bertz CT molecular complexity index is 1130. The zero-order chi connectivity index (χ0) is 22.8. The molecule has 170 valence electrons. The third kappa shape index (κ3) is 4.11. The molecule has 5 rings (SSSR count). The van der Waals surface area contributed by atoms with Crippen LogP contribution in [0.15, 0.2) is 60.7 Å². The lowest BCUT2D eigenvalue weighted by atomic mass is 10.0. The maximum Gasteiger partial charge on any atom is 0.274 e. The predicted molar refractivity (Wildman–Crippen MR) is 127 cm³/mol. The van der Waals surface area contributed by atoms with Crippen LogP contribution in [0.2, 0.25) is 0 Å². The molecular formula is C26H29N5O2. The zero-order valence-electron chi connectivity index (χ0n) is 19.0. The lowest BCUT2D eigenvalue weighted by Gasteiger charge is -2.36. The molecule has 3 heterocycles. The summed E-state index contributed by atoms with van der Waals surface area (Å²) in [5.41, 5.74) is 4.36. The fraction of sp³-hybridized carbons (Fsp3) is 0.346. The van der Waals surface area contributed by atoms with Crippen molar-refractivity contribution >= 4 is 17.5 Å². The number of aryl methyl sites for hydroxylation is 1. The molecule has 3 aromatic rings. The van der Waals surface area contributed by atoms with Gasteiger partial charge in [-0.15, -0.1) is 0 Å². The van der Waals surface area contributed by atoms with Crippen molar-refractivity contribution in [2.45, 2.75) is 26.4 Å². The van der Waals surface area contributed by atoms with Crippen molar-refractivity contribution in [1.82, 2.24) is 19.6 Å². The second kappa shape index (κ2) is 9.10. The number of rotatable bonds is 4. The summed E-state index contributed by atoms with van der Waals surface area (Å²) in [6.45, 7) is 6.73. The molecule has 0 atom stereocenters. The van der Waals surface area contributed by atoms with Gasteiger partial charge in [-0.3, -0.25) is 14.3 Å². The number of carbonyl (C=O) groups is 2. The summed E-state index contributed by atoms with van der Waals surface area (Å²) >= 11 is 0. The number of hydrogen-bond donors (Lipinski definition) is 0. The molecule has 0 N–H and O–H groups in total. The van der Waals surface area contributed by atoms with Crippen LogP contribution in [0.3, 0.4) is 0 Å². The van der Waals surface area contributed by atoms with Crippen LogP contribution < -0.4 is 4.90 Å². The second-order valence-electron chi connectivity index (χ2n) is 8.55. The first-order chi connectivity index (χ1) is 16.2. The number of hydrogen-bond acceptors (Lipinski definition) is 4. The van der Waals surface area contributed by atoms with Crippen molar-refractivity contribution < 1.29 is 9.59 Å². The first-order valence-electron chi connectivity index (χ1n) is 11.7. The van der Waals surface area contributed by atoms with Gasteiger partial charge in [0.1, 0.15) is 0 Å². The Labute approximate surface area is 194 Å². The fourth-order valence-electron chi connectivity index (χ4n) is 4.82. The molecule has 7 nitrogen and oxygen atoms in total. The minimum Gasteiger partial charge on any atom is -0.368 e. The van der Waals surface area contributed by atoms with E-state index in [0.29, 0.717) is 50.4 Å². The highest BCUT2D eigenvalue weighted by Gasteiger charge is 2.33. The Morgan fingerprint density at radius 3 is 2.15 bits per heavy atom. The lowest BCUT2D eigenvalue weighted by molar-refractivity contribution is 0.0709. The van der Waals surface area contributed by atoms with E-state index in [0.717, 1.165) is 24.3 Å². The normalized spacial score (nSPS) is 16.0. The Balaban J connectivity index is 1.34. The SMILES string of the molecule is CCn1nc(C(=O)N2CCN(c3ccccc3)CC2)c2c1CCN(C(=O)c1ccccc1)C2. The van der Waals surface area contributed by atoms with Gasteiger partial charge in [0, 0.05) is 68.2 Å². The van der Waals surface area contributed by atoms with Crippen molar-refractivity contribution in [1.29, 1.82) is 0 Å². The number of aromatic nitrogens is 2. The molecular weight excluding hydrogens is 414 g/mol. The molecule has 2 amide bonds. The van der Waals surface area contributed by atoms with Crippen molar-refractivity contribution in [2.24, 2.45) is 0 Å². The fourth-order valence-corrected chi connectivity index (χ4v) is 4.82. The standard InChI is InChI=1S/C26H29N5O2/c1-2-31-23-13-14-30(25(32)20-9-5-3-6-10-20)19-22(23)24(27-31)26(33)29-17-15-28(16-18-29)21-11-7-4-8-12-21/h3-12H,2,13-19H2,1H3. The van der Waals surface area contributed by atoms with Gasteiger partial charge < -0.3 is 14.7 Å². The quantitative estimate of drug-likeness (QED) is 0.622. The van der Waals surface area contributed by atoms with E-state index >= 15 is 0 Å². The average Bonchev–Trinajstić information content (AvgIpc) is 3.27. The van der Waals surface area contributed by atoms with Gasteiger partial charge in [-0.2, -0.15) is 5.10 Å². The highest BCUT2D eigenvalue weighted by atomic mass is 16.2. The Morgan fingerprint density at radius 1 is 0.818 bits per heavy atom. The van der Waals surface area contributed by atoms with Gasteiger partial charge in [0.15, 0.2) is 5.69 Å². The number of para-hydroxylation sites is 1. The largest absolute Gasteiger partial charge is 0.368 e. The predicted octanol–water partition coefficient (Wildman–Crippen LogP) is 3.06. The molecule has 0 unspecified atom stereocenters. The molecule has 0 radical (unpaired) electrons. The van der Waals surface area contributed by atoms with Crippen LogP contribution in [0, 0.1) is 0 Å². The van der Waals surface area contributed by atoms with E-state index in [9.17, 15) is 9.59 Å². The Hall–Kier alpha value is -3.61. The van der Waals surface area contributed by atoms with Gasteiger partial charge in [0.25, 0.3) is 11.8 Å². The summed E-state index contributed by atoms with van der Waals surface area (Å²) in [4.78, 5) is 32.6. The van der Waals surface area contributed by atoms with Crippen molar-refractivity contribution in [3.63, 3.8) is 0 Å².